The number of carboxylic acid groups (broad SMARTS) is 2. The third-order valence-corrected chi connectivity index (χ3v) is 10.0. The maximum absolute atomic E-state index is 11.6. The highest BCUT2D eigenvalue weighted by Gasteiger charge is 2.30. The summed E-state index contributed by atoms with van der Waals surface area (Å²) in [5.74, 6) is 0.250. The van der Waals surface area contributed by atoms with Gasteiger partial charge in [0.25, 0.3) is 11.6 Å². The van der Waals surface area contributed by atoms with E-state index in [1.54, 1.807) is 18.2 Å². The zero-order valence-corrected chi connectivity index (χ0v) is 30.4. The molecule has 0 saturated heterocycles. The van der Waals surface area contributed by atoms with E-state index in [-0.39, 0.29) is 5.41 Å². The molecule has 2 aliphatic rings. The second-order valence-corrected chi connectivity index (χ2v) is 14.8. The number of H-pyrrole nitrogens is 2. The summed E-state index contributed by atoms with van der Waals surface area (Å²) in [5, 5.41) is 22.1. The van der Waals surface area contributed by atoms with Gasteiger partial charge in [0, 0.05) is 32.7 Å². The third kappa shape index (κ3) is 5.89. The van der Waals surface area contributed by atoms with Crippen LogP contribution in [0.25, 0.3) is 89.7 Å². The van der Waals surface area contributed by atoms with Crippen molar-refractivity contribution in [2.24, 2.45) is 7.05 Å². The monoisotopic (exact) mass is 731 g/mol. The number of nitrogens with one attached hydrogen (secondary N) is 2. The van der Waals surface area contributed by atoms with Crippen molar-refractivity contribution >= 4 is 56.1 Å². The largest absolute Gasteiger partial charge is 0.489 e. The fourth-order valence-corrected chi connectivity index (χ4v) is 7.29. The van der Waals surface area contributed by atoms with Gasteiger partial charge >= 0.3 is 11.9 Å². The molecule has 0 atom stereocenters. The first kappa shape index (κ1) is 33.8. The fraction of sp³-hybridized carbons (Fsp3) is 0.190. The van der Waals surface area contributed by atoms with Crippen LogP contribution in [0.2, 0.25) is 0 Å². The van der Waals surface area contributed by atoms with Gasteiger partial charge in [-0.3, -0.25) is 9.59 Å². The number of nitrogens with zero attached hydrogens (tertiary/aromatic N) is 6. The van der Waals surface area contributed by atoms with E-state index in [1.165, 1.54) is 0 Å². The molecule has 0 amide bonds. The molecule has 5 heterocycles. The van der Waals surface area contributed by atoms with Crippen molar-refractivity contribution in [2.75, 3.05) is 0 Å². The molecule has 7 aromatic rings. The number of aliphatic carboxylic acids is 2. The average Bonchev–Trinajstić information content (AvgIpc) is 3.85. The molecule has 0 saturated carbocycles. The molecule has 9 rings (SSSR count). The second-order valence-electron chi connectivity index (χ2n) is 14.8. The number of hydrogen-bond acceptors (Lipinski definition) is 8. The van der Waals surface area contributed by atoms with Crippen LogP contribution in [-0.2, 0) is 22.1 Å². The summed E-state index contributed by atoms with van der Waals surface area (Å²) in [6.45, 7) is 6.55. The Hall–Kier alpha value is -7.02. The molecule has 3 aromatic heterocycles. The lowest BCUT2D eigenvalue weighted by molar-refractivity contribution is -0.650. The normalized spacial score (nSPS) is 12.2. The van der Waals surface area contributed by atoms with Gasteiger partial charge in [-0.1, -0.05) is 79.3 Å². The highest BCUT2D eigenvalue weighted by molar-refractivity contribution is 6.06. The van der Waals surface area contributed by atoms with Crippen molar-refractivity contribution in [1.82, 2.24) is 34.9 Å². The second kappa shape index (κ2) is 12.5. The zero-order valence-electron chi connectivity index (χ0n) is 30.4. The predicted molar refractivity (Wildman–Crippen MR) is 207 cm³/mol. The highest BCUT2D eigenvalue weighted by Crippen LogP contribution is 2.37. The Morgan fingerprint density at radius 2 is 1.11 bits per heavy atom. The molecule has 13 heteroatoms. The highest BCUT2D eigenvalue weighted by atomic mass is 16.5. The minimum atomic E-state index is -1.16. The molecule has 0 spiro atoms. The summed E-state index contributed by atoms with van der Waals surface area (Å²) in [6.07, 6.45) is -2.04. The summed E-state index contributed by atoms with van der Waals surface area (Å²) in [6, 6.07) is 27.4. The first-order valence-electron chi connectivity index (χ1n) is 17.8. The lowest BCUT2D eigenvalue weighted by atomic mass is 9.86. The summed E-state index contributed by atoms with van der Waals surface area (Å²) >= 11 is 0. The SMILES string of the molecule is C[n+]1c2nc3[nH]c(nc4nc(nc5[nH]c(nc1-c1ccccc1-2)c1cc(C(C)(C)C)ccc51)-c1ccccc1-4)c1ccc(OC(CC(=O)O)CC(=O)O)cc31. The van der Waals surface area contributed by atoms with Crippen molar-refractivity contribution in [3.05, 3.63) is 90.5 Å². The molecule has 0 aliphatic carbocycles. The Kier molecular flexibility index (Phi) is 7.71. The Bertz CT molecular complexity index is 2930. The van der Waals surface area contributed by atoms with Crippen molar-refractivity contribution in [3.63, 3.8) is 0 Å². The number of fused-ring (bicyclic) bond motifs is 20. The van der Waals surface area contributed by atoms with Crippen molar-refractivity contribution in [1.29, 1.82) is 0 Å². The number of aromatic amines is 2. The molecule has 55 heavy (non-hydrogen) atoms. The van der Waals surface area contributed by atoms with Crippen LogP contribution in [-0.4, -0.2) is 63.1 Å². The van der Waals surface area contributed by atoms with E-state index in [1.807, 2.05) is 60.1 Å². The number of benzene rings is 4. The number of aromatic nitrogens is 8. The molecular formula is C42H35N8O5+. The van der Waals surface area contributed by atoms with Crippen LogP contribution >= 0.6 is 0 Å². The lowest BCUT2D eigenvalue weighted by Gasteiger charge is -2.18. The molecule has 0 radical (unpaired) electrons. The molecule has 13 nitrogen and oxygen atoms in total. The van der Waals surface area contributed by atoms with Gasteiger partial charge in [-0.2, -0.15) is 0 Å². The van der Waals surface area contributed by atoms with Crippen LogP contribution in [0.4, 0.5) is 0 Å². The standard InChI is InChI=1S/C42H34N8O5/c1-42(2,3)21-13-15-26-30(17-21)38-46-36(26)44-34-24-9-5-6-10-25(24)35(43-34)45-37-27-16-14-22(55-23(19-32(51)52)20-33(53)54)18-31(27)39(47-37)49-41-29-12-8-7-11-28(29)40(48-38)50(41)4/h5-18,23H,19-20H2,1-4H3,(H3,43,44,45,46,47,48,49,51,52,53,54)/p+1. The van der Waals surface area contributed by atoms with Gasteiger partial charge in [0.05, 0.1) is 31.0 Å². The number of rotatable bonds is 6. The quantitative estimate of drug-likeness (QED) is 0.127. The van der Waals surface area contributed by atoms with Crippen molar-refractivity contribution in [2.45, 2.75) is 45.1 Å². The van der Waals surface area contributed by atoms with Gasteiger partial charge in [-0.05, 0) is 47.4 Å². The van der Waals surface area contributed by atoms with Gasteiger partial charge in [0.2, 0.25) is 11.3 Å². The van der Waals surface area contributed by atoms with E-state index in [0.717, 1.165) is 38.6 Å². The molecule has 8 bridgehead atoms. The fourth-order valence-electron chi connectivity index (χ4n) is 7.29. The van der Waals surface area contributed by atoms with E-state index in [9.17, 15) is 19.8 Å². The predicted octanol–water partition coefficient (Wildman–Crippen LogP) is 7.29. The summed E-state index contributed by atoms with van der Waals surface area (Å²) < 4.78 is 7.92. The Balaban J connectivity index is 1.39. The molecule has 0 unspecified atom stereocenters. The summed E-state index contributed by atoms with van der Waals surface area (Å²) in [5.41, 5.74) is 6.68. The summed E-state index contributed by atoms with van der Waals surface area (Å²) in [7, 11) is 1.92. The smallest absolute Gasteiger partial charge is 0.307 e. The minimum absolute atomic E-state index is 0.103. The number of carboxylic acids is 2. The minimum Gasteiger partial charge on any atom is -0.489 e. The number of hydrogen-bond donors (Lipinski definition) is 4. The van der Waals surface area contributed by atoms with Crippen LogP contribution < -0.4 is 9.30 Å². The van der Waals surface area contributed by atoms with Crippen molar-refractivity contribution in [3.8, 4) is 51.3 Å². The van der Waals surface area contributed by atoms with Gasteiger partial charge in [0.15, 0.2) is 11.6 Å². The zero-order chi connectivity index (χ0) is 38.2. The maximum atomic E-state index is 11.6. The van der Waals surface area contributed by atoms with Crippen LogP contribution in [0, 0.1) is 0 Å². The van der Waals surface area contributed by atoms with Crippen LogP contribution in [0.1, 0.15) is 39.2 Å². The van der Waals surface area contributed by atoms with Crippen LogP contribution in [0.5, 0.6) is 5.75 Å². The van der Waals surface area contributed by atoms with Gasteiger partial charge in [0.1, 0.15) is 23.1 Å². The average molecular weight is 732 g/mol. The third-order valence-electron chi connectivity index (χ3n) is 10.0. The molecule has 4 aromatic carbocycles. The Morgan fingerprint density at radius 3 is 1.62 bits per heavy atom. The Labute approximate surface area is 313 Å². The van der Waals surface area contributed by atoms with Gasteiger partial charge in [-0.15, -0.1) is 0 Å². The molecule has 4 N–H and O–H groups in total. The number of carbonyl (C=O) groups is 2. The topological polar surface area (TPSA) is 184 Å². The van der Waals surface area contributed by atoms with Crippen LogP contribution in [0.15, 0.2) is 84.9 Å². The van der Waals surface area contributed by atoms with E-state index >= 15 is 0 Å². The summed E-state index contributed by atoms with van der Waals surface area (Å²) in [4.78, 5) is 55.7. The van der Waals surface area contributed by atoms with Crippen molar-refractivity contribution < 1.29 is 29.1 Å². The lowest BCUT2D eigenvalue weighted by Crippen LogP contribution is -2.30. The maximum Gasteiger partial charge on any atom is 0.307 e. The molecule has 0 fully saturated rings. The van der Waals surface area contributed by atoms with Crippen LogP contribution in [0.3, 0.4) is 0 Å². The number of ether oxygens (including phenoxy) is 1. The van der Waals surface area contributed by atoms with Gasteiger partial charge < -0.3 is 24.9 Å². The van der Waals surface area contributed by atoms with E-state index in [4.69, 9.17) is 29.7 Å². The first-order valence-corrected chi connectivity index (χ1v) is 17.8. The van der Waals surface area contributed by atoms with Gasteiger partial charge in [-0.25, -0.2) is 19.5 Å². The van der Waals surface area contributed by atoms with E-state index in [0.29, 0.717) is 62.4 Å². The molecular weight excluding hydrogens is 697 g/mol. The first-order chi connectivity index (χ1) is 26.4. The van der Waals surface area contributed by atoms with E-state index in [2.05, 4.69) is 48.9 Å². The molecule has 2 aliphatic heterocycles. The van der Waals surface area contributed by atoms with E-state index < -0.39 is 30.9 Å². The Morgan fingerprint density at radius 1 is 0.636 bits per heavy atom. The molecule has 272 valence electrons.